The Hall–Kier alpha value is -3.10. The third-order valence-electron chi connectivity index (χ3n) is 5.63. The molecule has 2 aliphatic rings. The first kappa shape index (κ1) is 21.1. The average Bonchev–Trinajstić information content (AvgIpc) is 3.09. The third kappa shape index (κ3) is 4.65. The van der Waals surface area contributed by atoms with Gasteiger partial charge >= 0.3 is 0 Å². The van der Waals surface area contributed by atoms with Crippen LogP contribution in [0.4, 0.5) is 10.1 Å². The van der Waals surface area contributed by atoms with Crippen LogP contribution < -0.4 is 4.90 Å². The van der Waals surface area contributed by atoms with Gasteiger partial charge < -0.3 is 9.64 Å². The van der Waals surface area contributed by atoms with Crippen LogP contribution in [0.2, 0.25) is 0 Å². The summed E-state index contributed by atoms with van der Waals surface area (Å²) in [4.78, 5) is 44.0. The number of imide groups is 1. The number of carbonyl (C=O) groups is 3. The van der Waals surface area contributed by atoms with E-state index in [-0.39, 0.29) is 24.4 Å². The van der Waals surface area contributed by atoms with Crippen molar-refractivity contribution in [3.63, 3.8) is 0 Å². The van der Waals surface area contributed by atoms with Crippen molar-refractivity contribution >= 4 is 23.4 Å². The SMILES string of the molecule is O=C1CC(N(CCN2CCOCC2)C(=O)c2ccc(F)cc2)C(=O)N1c1ccccc1. The molecular weight excluding hydrogens is 401 g/mol. The number of carbonyl (C=O) groups excluding carboxylic acids is 3. The normalized spacial score (nSPS) is 19.6. The van der Waals surface area contributed by atoms with Gasteiger partial charge in [-0.3, -0.25) is 19.3 Å². The highest BCUT2D eigenvalue weighted by atomic mass is 19.1. The number of nitrogens with zero attached hydrogens (tertiary/aromatic N) is 3. The second-order valence-electron chi connectivity index (χ2n) is 7.58. The molecule has 0 aliphatic carbocycles. The van der Waals surface area contributed by atoms with Gasteiger partial charge in [0, 0.05) is 31.7 Å². The maximum Gasteiger partial charge on any atom is 0.257 e. The monoisotopic (exact) mass is 425 g/mol. The van der Waals surface area contributed by atoms with Gasteiger partial charge in [0.2, 0.25) is 5.91 Å². The Morgan fingerprint density at radius 1 is 1.03 bits per heavy atom. The van der Waals surface area contributed by atoms with E-state index >= 15 is 0 Å². The van der Waals surface area contributed by atoms with E-state index in [0.29, 0.717) is 25.4 Å². The smallest absolute Gasteiger partial charge is 0.257 e. The zero-order chi connectivity index (χ0) is 21.8. The lowest BCUT2D eigenvalue weighted by Crippen LogP contribution is -2.49. The first-order valence-electron chi connectivity index (χ1n) is 10.3. The van der Waals surface area contributed by atoms with Gasteiger partial charge in [0.1, 0.15) is 11.9 Å². The number of benzene rings is 2. The summed E-state index contributed by atoms with van der Waals surface area (Å²) in [5, 5.41) is 0. The Bertz CT molecular complexity index is 945. The molecule has 0 bridgehead atoms. The van der Waals surface area contributed by atoms with Crippen LogP contribution in [0.15, 0.2) is 54.6 Å². The number of ether oxygens (including phenoxy) is 1. The zero-order valence-corrected chi connectivity index (χ0v) is 17.1. The maximum atomic E-state index is 13.3. The predicted molar refractivity (Wildman–Crippen MR) is 112 cm³/mol. The number of amides is 3. The molecule has 2 aromatic carbocycles. The molecule has 4 rings (SSSR count). The molecule has 2 aromatic rings. The van der Waals surface area contributed by atoms with E-state index in [9.17, 15) is 18.8 Å². The minimum absolute atomic E-state index is 0.0796. The van der Waals surface area contributed by atoms with Crippen molar-refractivity contribution in [1.82, 2.24) is 9.80 Å². The van der Waals surface area contributed by atoms with Gasteiger partial charge in [0.05, 0.1) is 25.3 Å². The van der Waals surface area contributed by atoms with E-state index in [1.807, 2.05) is 0 Å². The Kier molecular flexibility index (Phi) is 6.39. The standard InChI is InChI=1S/C23H24FN3O4/c24-18-8-6-17(7-9-18)22(29)26(11-10-25-12-14-31-15-13-25)20-16-21(28)27(23(20)30)19-4-2-1-3-5-19/h1-9,20H,10-16H2. The van der Waals surface area contributed by atoms with Gasteiger partial charge in [-0.15, -0.1) is 0 Å². The summed E-state index contributed by atoms with van der Waals surface area (Å²) in [6.45, 7) is 3.56. The quantitative estimate of drug-likeness (QED) is 0.662. The van der Waals surface area contributed by atoms with Crippen LogP contribution in [0.1, 0.15) is 16.8 Å². The van der Waals surface area contributed by atoms with E-state index < -0.39 is 23.7 Å². The van der Waals surface area contributed by atoms with Crippen molar-refractivity contribution in [3.05, 3.63) is 66.0 Å². The first-order valence-corrected chi connectivity index (χ1v) is 10.3. The van der Waals surface area contributed by atoms with Crippen molar-refractivity contribution in [2.75, 3.05) is 44.3 Å². The lowest BCUT2D eigenvalue weighted by Gasteiger charge is -2.32. The molecule has 0 radical (unpaired) electrons. The Balaban J connectivity index is 1.58. The van der Waals surface area contributed by atoms with Gasteiger partial charge in [-0.05, 0) is 36.4 Å². The second-order valence-corrected chi connectivity index (χ2v) is 7.58. The molecule has 31 heavy (non-hydrogen) atoms. The molecule has 8 heteroatoms. The third-order valence-corrected chi connectivity index (χ3v) is 5.63. The van der Waals surface area contributed by atoms with Gasteiger partial charge in [-0.25, -0.2) is 9.29 Å². The van der Waals surface area contributed by atoms with E-state index in [1.165, 1.54) is 29.2 Å². The largest absolute Gasteiger partial charge is 0.379 e. The van der Waals surface area contributed by atoms with Gasteiger partial charge in [-0.2, -0.15) is 0 Å². The molecule has 2 fully saturated rings. The first-order chi connectivity index (χ1) is 15.0. The van der Waals surface area contributed by atoms with Crippen LogP contribution in [0.3, 0.4) is 0 Å². The van der Waals surface area contributed by atoms with Gasteiger partial charge in [-0.1, -0.05) is 18.2 Å². The molecule has 1 unspecified atom stereocenters. The van der Waals surface area contributed by atoms with E-state index in [4.69, 9.17) is 4.74 Å². The molecule has 0 aromatic heterocycles. The molecule has 0 saturated carbocycles. The fraction of sp³-hybridized carbons (Fsp3) is 0.348. The van der Waals surface area contributed by atoms with E-state index in [2.05, 4.69) is 4.90 Å². The number of hydrogen-bond donors (Lipinski definition) is 0. The maximum absolute atomic E-state index is 13.3. The average molecular weight is 425 g/mol. The number of hydrogen-bond acceptors (Lipinski definition) is 5. The number of para-hydroxylation sites is 1. The Morgan fingerprint density at radius 2 is 1.71 bits per heavy atom. The highest BCUT2D eigenvalue weighted by Crippen LogP contribution is 2.26. The molecule has 2 saturated heterocycles. The van der Waals surface area contributed by atoms with Crippen LogP contribution >= 0.6 is 0 Å². The van der Waals surface area contributed by atoms with Crippen LogP contribution in [0.5, 0.6) is 0 Å². The van der Waals surface area contributed by atoms with Crippen molar-refractivity contribution in [1.29, 1.82) is 0 Å². The van der Waals surface area contributed by atoms with Gasteiger partial charge in [0.15, 0.2) is 0 Å². The molecule has 0 N–H and O–H groups in total. The molecule has 7 nitrogen and oxygen atoms in total. The predicted octanol–water partition coefficient (Wildman–Crippen LogP) is 1.93. The fourth-order valence-corrected chi connectivity index (χ4v) is 3.94. The summed E-state index contributed by atoms with van der Waals surface area (Å²) in [7, 11) is 0. The molecule has 2 heterocycles. The number of anilines is 1. The lowest BCUT2D eigenvalue weighted by molar-refractivity contribution is -0.122. The Labute approximate surface area is 180 Å². The topological polar surface area (TPSA) is 70.2 Å². The van der Waals surface area contributed by atoms with E-state index in [0.717, 1.165) is 18.0 Å². The number of morpholine rings is 1. The second kappa shape index (κ2) is 9.36. The summed E-state index contributed by atoms with van der Waals surface area (Å²) in [6, 6.07) is 13.0. The van der Waals surface area contributed by atoms with Crippen molar-refractivity contribution in [2.45, 2.75) is 12.5 Å². The van der Waals surface area contributed by atoms with Crippen LogP contribution in [-0.2, 0) is 14.3 Å². The summed E-state index contributed by atoms with van der Waals surface area (Å²) < 4.78 is 18.7. The van der Waals surface area contributed by atoms with Crippen LogP contribution in [0.25, 0.3) is 0 Å². The number of halogens is 1. The highest BCUT2D eigenvalue weighted by molar-refractivity contribution is 6.23. The summed E-state index contributed by atoms with van der Waals surface area (Å²) in [5.74, 6) is -1.61. The summed E-state index contributed by atoms with van der Waals surface area (Å²) in [6.07, 6.45) is -0.0796. The van der Waals surface area contributed by atoms with Crippen molar-refractivity contribution in [2.24, 2.45) is 0 Å². The summed E-state index contributed by atoms with van der Waals surface area (Å²) in [5.41, 5.74) is 0.768. The van der Waals surface area contributed by atoms with Crippen LogP contribution in [-0.4, -0.2) is 73.0 Å². The molecule has 162 valence electrons. The molecule has 2 aliphatic heterocycles. The fourth-order valence-electron chi connectivity index (χ4n) is 3.94. The minimum atomic E-state index is -0.897. The van der Waals surface area contributed by atoms with E-state index in [1.54, 1.807) is 30.3 Å². The zero-order valence-electron chi connectivity index (χ0n) is 17.1. The van der Waals surface area contributed by atoms with Crippen LogP contribution in [0, 0.1) is 5.82 Å². The summed E-state index contributed by atoms with van der Waals surface area (Å²) >= 11 is 0. The molecule has 0 spiro atoms. The minimum Gasteiger partial charge on any atom is -0.379 e. The molecule has 3 amide bonds. The van der Waals surface area contributed by atoms with Crippen molar-refractivity contribution in [3.8, 4) is 0 Å². The van der Waals surface area contributed by atoms with Crippen molar-refractivity contribution < 1.29 is 23.5 Å². The highest BCUT2D eigenvalue weighted by Gasteiger charge is 2.44. The lowest BCUT2D eigenvalue weighted by atomic mass is 10.1. The molecule has 1 atom stereocenters. The number of rotatable bonds is 6. The molecular formula is C23H24FN3O4. The Morgan fingerprint density at radius 3 is 2.39 bits per heavy atom. The van der Waals surface area contributed by atoms with Gasteiger partial charge in [0.25, 0.3) is 11.8 Å².